The number of methoxy groups -OCH3 is 1. The first-order chi connectivity index (χ1) is 10.3. The van der Waals surface area contributed by atoms with E-state index in [0.717, 1.165) is 40.8 Å². The molecule has 3 fully saturated rings. The van der Waals surface area contributed by atoms with E-state index < -0.39 is 0 Å². The van der Waals surface area contributed by atoms with Crippen molar-refractivity contribution in [1.29, 1.82) is 0 Å². The third-order valence-corrected chi connectivity index (χ3v) is 6.33. The zero-order valence-electron chi connectivity index (χ0n) is 12.1. The fourth-order valence-electron chi connectivity index (χ4n) is 5.36. The second-order valence-electron chi connectivity index (χ2n) is 6.84. The van der Waals surface area contributed by atoms with Gasteiger partial charge < -0.3 is 9.30 Å². The predicted octanol–water partition coefficient (Wildman–Crippen LogP) is 4.00. The Morgan fingerprint density at radius 2 is 2.05 bits per heavy atom. The minimum absolute atomic E-state index is 0.475. The van der Waals surface area contributed by atoms with Crippen LogP contribution in [0.25, 0.3) is 11.0 Å². The van der Waals surface area contributed by atoms with Crippen LogP contribution in [0, 0.1) is 23.7 Å². The molecule has 5 rings (SSSR count). The van der Waals surface area contributed by atoms with Crippen molar-refractivity contribution >= 4 is 22.6 Å². The average molecular weight is 303 g/mol. The van der Waals surface area contributed by atoms with Crippen LogP contribution >= 0.6 is 11.6 Å². The molecule has 4 heteroatoms. The van der Waals surface area contributed by atoms with E-state index >= 15 is 0 Å². The Hall–Kier alpha value is -1.22. The summed E-state index contributed by atoms with van der Waals surface area (Å²) in [6, 6.07) is 6.85. The summed E-state index contributed by atoms with van der Waals surface area (Å²) in [7, 11) is 1.71. The number of hydrogen-bond acceptors (Lipinski definition) is 2. The maximum Gasteiger partial charge on any atom is 0.146 e. The van der Waals surface area contributed by atoms with Gasteiger partial charge in [0.1, 0.15) is 17.1 Å². The molecule has 1 heterocycles. The fourth-order valence-corrected chi connectivity index (χ4v) is 5.54. The molecule has 2 bridgehead atoms. The molecule has 110 valence electrons. The Balaban J connectivity index is 1.66. The molecule has 3 aliphatic rings. The molecule has 0 saturated heterocycles. The summed E-state index contributed by atoms with van der Waals surface area (Å²) < 4.78 is 7.91. The summed E-state index contributed by atoms with van der Waals surface area (Å²) in [5.74, 6) is 6.01. The van der Waals surface area contributed by atoms with Crippen LogP contribution in [-0.4, -0.2) is 16.7 Å². The minimum atomic E-state index is 0.475. The second-order valence-corrected chi connectivity index (χ2v) is 7.11. The Morgan fingerprint density at radius 1 is 1.29 bits per heavy atom. The van der Waals surface area contributed by atoms with Crippen LogP contribution in [0.2, 0.25) is 0 Å². The largest absolute Gasteiger partial charge is 0.494 e. The van der Waals surface area contributed by atoms with Gasteiger partial charge in [-0.15, -0.1) is 11.6 Å². The summed E-state index contributed by atoms with van der Waals surface area (Å²) in [5, 5.41) is 0. The van der Waals surface area contributed by atoms with E-state index in [-0.39, 0.29) is 0 Å². The van der Waals surface area contributed by atoms with Crippen molar-refractivity contribution in [3.8, 4) is 5.75 Å². The number of ether oxygens (including phenoxy) is 1. The first-order valence-electron chi connectivity index (χ1n) is 7.93. The van der Waals surface area contributed by atoms with Gasteiger partial charge in [0, 0.05) is 6.04 Å². The number of para-hydroxylation sites is 1. The fraction of sp³-hybridized carbons (Fsp3) is 0.588. The molecule has 0 radical (unpaired) electrons. The normalized spacial score (nSPS) is 36.2. The molecule has 3 aliphatic carbocycles. The summed E-state index contributed by atoms with van der Waals surface area (Å²) in [6.07, 6.45) is 4.35. The van der Waals surface area contributed by atoms with Gasteiger partial charge in [0.2, 0.25) is 0 Å². The number of alkyl halides is 1. The van der Waals surface area contributed by atoms with Crippen molar-refractivity contribution in [3.05, 3.63) is 24.0 Å². The van der Waals surface area contributed by atoms with E-state index in [1.165, 1.54) is 24.8 Å². The third-order valence-electron chi connectivity index (χ3n) is 6.09. The lowest BCUT2D eigenvalue weighted by Crippen LogP contribution is -2.07. The Morgan fingerprint density at radius 3 is 2.71 bits per heavy atom. The minimum Gasteiger partial charge on any atom is -0.494 e. The molecule has 2 aromatic rings. The summed E-state index contributed by atoms with van der Waals surface area (Å²) in [6.45, 7) is 0. The predicted molar refractivity (Wildman–Crippen MR) is 82.7 cm³/mol. The number of benzene rings is 1. The van der Waals surface area contributed by atoms with Crippen LogP contribution in [-0.2, 0) is 5.88 Å². The summed E-state index contributed by atoms with van der Waals surface area (Å²) in [4.78, 5) is 4.77. The highest BCUT2D eigenvalue weighted by molar-refractivity contribution is 6.16. The molecule has 0 spiro atoms. The number of rotatable bonds is 3. The molecule has 0 N–H and O–H groups in total. The Bertz CT molecular complexity index is 709. The molecule has 4 unspecified atom stereocenters. The average Bonchev–Trinajstić information content (AvgIpc) is 2.89. The maximum atomic E-state index is 6.19. The van der Waals surface area contributed by atoms with Crippen LogP contribution < -0.4 is 4.74 Å². The SMILES string of the molecule is COc1cccc2c1nc(CCl)n2C1C2C3CCC(C3)C21. The maximum absolute atomic E-state index is 6.19. The monoisotopic (exact) mass is 302 g/mol. The van der Waals surface area contributed by atoms with E-state index in [0.29, 0.717) is 11.9 Å². The second kappa shape index (κ2) is 4.16. The van der Waals surface area contributed by atoms with Gasteiger partial charge in [-0.25, -0.2) is 4.98 Å². The van der Waals surface area contributed by atoms with Crippen LogP contribution in [0.15, 0.2) is 18.2 Å². The van der Waals surface area contributed by atoms with Crippen LogP contribution in [0.5, 0.6) is 5.75 Å². The number of hydrogen-bond donors (Lipinski definition) is 0. The molecule has 1 aromatic carbocycles. The quantitative estimate of drug-likeness (QED) is 0.801. The zero-order chi connectivity index (χ0) is 14.1. The van der Waals surface area contributed by atoms with Gasteiger partial charge >= 0.3 is 0 Å². The van der Waals surface area contributed by atoms with Gasteiger partial charge in [0.05, 0.1) is 18.5 Å². The third kappa shape index (κ3) is 1.48. The van der Waals surface area contributed by atoms with E-state index in [2.05, 4.69) is 16.7 Å². The zero-order valence-corrected chi connectivity index (χ0v) is 12.9. The number of halogens is 1. The van der Waals surface area contributed by atoms with Crippen molar-refractivity contribution in [3.63, 3.8) is 0 Å². The molecule has 0 aliphatic heterocycles. The van der Waals surface area contributed by atoms with Crippen molar-refractivity contribution < 1.29 is 4.74 Å². The van der Waals surface area contributed by atoms with Crippen molar-refractivity contribution in [2.45, 2.75) is 31.2 Å². The molecular weight excluding hydrogens is 284 g/mol. The molecule has 1 aromatic heterocycles. The lowest BCUT2D eigenvalue weighted by Gasteiger charge is -2.13. The van der Waals surface area contributed by atoms with Crippen molar-refractivity contribution in [1.82, 2.24) is 9.55 Å². The highest BCUT2D eigenvalue weighted by Gasteiger charge is 2.66. The molecule has 3 nitrogen and oxygen atoms in total. The molecule has 4 atom stereocenters. The lowest BCUT2D eigenvalue weighted by atomic mass is 10.0. The van der Waals surface area contributed by atoms with Crippen LogP contribution in [0.4, 0.5) is 0 Å². The van der Waals surface area contributed by atoms with Crippen molar-refractivity contribution in [2.24, 2.45) is 23.7 Å². The van der Waals surface area contributed by atoms with Gasteiger partial charge in [-0.2, -0.15) is 0 Å². The van der Waals surface area contributed by atoms with Gasteiger partial charge in [-0.1, -0.05) is 6.07 Å². The Labute approximate surface area is 129 Å². The number of aromatic nitrogens is 2. The van der Waals surface area contributed by atoms with Gasteiger partial charge in [0.15, 0.2) is 0 Å². The van der Waals surface area contributed by atoms with E-state index in [1.54, 1.807) is 7.11 Å². The number of nitrogens with zero attached hydrogens (tertiary/aromatic N) is 2. The van der Waals surface area contributed by atoms with Crippen LogP contribution in [0.3, 0.4) is 0 Å². The molecular formula is C17H19ClN2O. The highest BCUT2D eigenvalue weighted by Crippen LogP contribution is 2.72. The number of fused-ring (bicyclic) bond motifs is 6. The summed E-state index contributed by atoms with van der Waals surface area (Å²) >= 11 is 6.19. The number of imidazole rings is 1. The van der Waals surface area contributed by atoms with Gasteiger partial charge in [0.25, 0.3) is 0 Å². The first-order valence-corrected chi connectivity index (χ1v) is 8.46. The van der Waals surface area contributed by atoms with Gasteiger partial charge in [-0.3, -0.25) is 0 Å². The van der Waals surface area contributed by atoms with E-state index in [4.69, 9.17) is 21.3 Å². The van der Waals surface area contributed by atoms with Gasteiger partial charge in [-0.05, 0) is 55.1 Å². The van der Waals surface area contributed by atoms with Crippen LogP contribution in [0.1, 0.15) is 31.1 Å². The Kier molecular flexibility index (Phi) is 2.44. The molecule has 21 heavy (non-hydrogen) atoms. The van der Waals surface area contributed by atoms with E-state index in [9.17, 15) is 0 Å². The standard InChI is InChI=1S/C17H19ClN2O/c1-21-12-4-2-3-11-16(12)19-13(8-18)20(11)17-14-9-5-6-10(7-9)15(14)17/h2-4,9-10,14-15,17H,5-8H2,1H3. The topological polar surface area (TPSA) is 27.1 Å². The molecule has 0 amide bonds. The van der Waals surface area contributed by atoms with Crippen molar-refractivity contribution in [2.75, 3.05) is 7.11 Å². The smallest absolute Gasteiger partial charge is 0.146 e. The first kappa shape index (κ1) is 12.3. The molecule has 3 saturated carbocycles. The van der Waals surface area contributed by atoms with E-state index in [1.807, 2.05) is 6.07 Å². The highest BCUT2D eigenvalue weighted by atomic mass is 35.5. The summed E-state index contributed by atoms with van der Waals surface area (Å²) in [5.41, 5.74) is 2.16. The lowest BCUT2D eigenvalue weighted by molar-refractivity contribution is 0.419.